The van der Waals surface area contributed by atoms with E-state index in [0.29, 0.717) is 5.56 Å². The van der Waals surface area contributed by atoms with Crippen LogP contribution in [-0.4, -0.2) is 11.2 Å². The van der Waals surface area contributed by atoms with Crippen LogP contribution >= 0.6 is 0 Å². The van der Waals surface area contributed by atoms with Crippen molar-refractivity contribution in [3.63, 3.8) is 0 Å². The predicted molar refractivity (Wildman–Crippen MR) is 47.5 cm³/mol. The maximum Gasteiger partial charge on any atom is 0.409 e. The lowest BCUT2D eigenvalue weighted by molar-refractivity contribution is 0.209. The molecule has 13 heavy (non-hydrogen) atoms. The van der Waals surface area contributed by atoms with Gasteiger partial charge < -0.3 is 5.11 Å². The van der Waals surface area contributed by atoms with Crippen LogP contribution < -0.4 is 5.32 Å². The second-order valence-electron chi connectivity index (χ2n) is 2.87. The highest BCUT2D eigenvalue weighted by Crippen LogP contribution is 2.19. The molecule has 3 nitrogen and oxygen atoms in total. The Bertz CT molecular complexity index is 350. The molecule has 2 N–H and O–H groups in total. The first-order valence-electron chi connectivity index (χ1n) is 3.77. The summed E-state index contributed by atoms with van der Waals surface area (Å²) in [4.78, 5) is 10.3. The average Bonchev–Trinajstić information content (AvgIpc) is 1.98. The number of carboxylic acid groups (broad SMARTS) is 1. The highest BCUT2D eigenvalue weighted by Gasteiger charge is 2.08. The van der Waals surface area contributed by atoms with Crippen LogP contribution in [-0.2, 0) is 0 Å². The van der Waals surface area contributed by atoms with Crippen LogP contribution in [0.2, 0.25) is 0 Å². The molecule has 1 aromatic carbocycles. The quantitative estimate of drug-likeness (QED) is 0.702. The third-order valence-corrected chi connectivity index (χ3v) is 1.64. The van der Waals surface area contributed by atoms with Gasteiger partial charge in [-0.3, -0.25) is 5.32 Å². The van der Waals surface area contributed by atoms with Crippen molar-refractivity contribution in [2.45, 2.75) is 13.8 Å². The van der Waals surface area contributed by atoms with Gasteiger partial charge in [0.25, 0.3) is 0 Å². The second-order valence-corrected chi connectivity index (χ2v) is 2.87. The molecule has 0 aliphatic rings. The first-order chi connectivity index (χ1) is 6.00. The smallest absolute Gasteiger partial charge is 0.409 e. The number of nitrogens with one attached hydrogen (secondary N) is 1. The van der Waals surface area contributed by atoms with Gasteiger partial charge in [0.05, 0.1) is 5.69 Å². The number of hydrogen-bond acceptors (Lipinski definition) is 1. The molecule has 0 bridgehead atoms. The molecule has 0 heterocycles. The third-order valence-electron chi connectivity index (χ3n) is 1.64. The van der Waals surface area contributed by atoms with Crippen LogP contribution in [0.15, 0.2) is 12.1 Å². The van der Waals surface area contributed by atoms with Gasteiger partial charge in [-0.2, -0.15) is 0 Å². The second kappa shape index (κ2) is 3.43. The molecule has 70 valence electrons. The lowest BCUT2D eigenvalue weighted by Gasteiger charge is -2.06. The molecule has 0 atom stereocenters. The van der Waals surface area contributed by atoms with Crippen LogP contribution in [0, 0.1) is 19.7 Å². The maximum atomic E-state index is 13.2. The summed E-state index contributed by atoms with van der Waals surface area (Å²) in [7, 11) is 0. The van der Waals surface area contributed by atoms with E-state index in [1.54, 1.807) is 19.9 Å². The van der Waals surface area contributed by atoms with E-state index in [9.17, 15) is 9.18 Å². The summed E-state index contributed by atoms with van der Waals surface area (Å²) < 4.78 is 13.2. The summed E-state index contributed by atoms with van der Waals surface area (Å²) in [6.07, 6.45) is -1.26. The molecule has 0 saturated carbocycles. The number of amides is 1. The zero-order chi connectivity index (χ0) is 10.0. The van der Waals surface area contributed by atoms with E-state index >= 15 is 0 Å². The van der Waals surface area contributed by atoms with E-state index in [4.69, 9.17) is 5.11 Å². The first kappa shape index (κ1) is 9.51. The number of benzene rings is 1. The first-order valence-corrected chi connectivity index (χ1v) is 3.77. The predicted octanol–water partition coefficient (Wildman–Crippen LogP) is 2.53. The SMILES string of the molecule is Cc1cc(C)c(F)c(NC(=O)O)c1. The van der Waals surface area contributed by atoms with E-state index in [-0.39, 0.29) is 5.69 Å². The largest absolute Gasteiger partial charge is 0.465 e. The lowest BCUT2D eigenvalue weighted by atomic mass is 10.1. The number of rotatable bonds is 1. The molecule has 0 aliphatic heterocycles. The van der Waals surface area contributed by atoms with Gasteiger partial charge in [-0.1, -0.05) is 6.07 Å². The Kier molecular flexibility index (Phi) is 2.51. The van der Waals surface area contributed by atoms with Gasteiger partial charge in [0.2, 0.25) is 0 Å². The zero-order valence-electron chi connectivity index (χ0n) is 7.39. The minimum absolute atomic E-state index is 0.00463. The van der Waals surface area contributed by atoms with Crippen molar-refractivity contribution >= 4 is 11.8 Å². The number of carbonyl (C=O) groups is 1. The monoisotopic (exact) mass is 183 g/mol. The van der Waals surface area contributed by atoms with E-state index < -0.39 is 11.9 Å². The van der Waals surface area contributed by atoms with E-state index in [1.807, 2.05) is 5.32 Å². The normalized spacial score (nSPS) is 9.77. The van der Waals surface area contributed by atoms with Gasteiger partial charge in [0.15, 0.2) is 0 Å². The molecule has 1 rings (SSSR count). The van der Waals surface area contributed by atoms with Crippen molar-refractivity contribution in [3.8, 4) is 0 Å². The van der Waals surface area contributed by atoms with Crippen molar-refractivity contribution in [2.75, 3.05) is 5.32 Å². The summed E-state index contributed by atoms with van der Waals surface area (Å²) in [6, 6.07) is 3.11. The molecular weight excluding hydrogens is 173 g/mol. The topological polar surface area (TPSA) is 49.3 Å². The molecule has 0 aliphatic carbocycles. The fraction of sp³-hybridized carbons (Fsp3) is 0.222. The minimum Gasteiger partial charge on any atom is -0.465 e. The Balaban J connectivity index is 3.12. The van der Waals surface area contributed by atoms with Gasteiger partial charge >= 0.3 is 6.09 Å². The highest BCUT2D eigenvalue weighted by atomic mass is 19.1. The molecule has 4 heteroatoms. The van der Waals surface area contributed by atoms with Gasteiger partial charge in [0.1, 0.15) is 5.82 Å². The fourth-order valence-corrected chi connectivity index (χ4v) is 1.16. The lowest BCUT2D eigenvalue weighted by Crippen LogP contribution is -2.09. The Morgan fingerprint density at radius 2 is 2.08 bits per heavy atom. The number of aryl methyl sites for hydroxylation is 2. The molecule has 0 radical (unpaired) electrons. The minimum atomic E-state index is -1.26. The molecular formula is C9H10FNO2. The van der Waals surface area contributed by atoms with Gasteiger partial charge in [0, 0.05) is 0 Å². The van der Waals surface area contributed by atoms with Crippen LogP contribution in [0.5, 0.6) is 0 Å². The highest BCUT2D eigenvalue weighted by molar-refractivity contribution is 5.83. The Hall–Kier alpha value is -1.58. The molecule has 0 fully saturated rings. The summed E-state index contributed by atoms with van der Waals surface area (Å²) in [5.41, 5.74) is 1.26. The molecule has 0 spiro atoms. The van der Waals surface area contributed by atoms with Crippen molar-refractivity contribution in [2.24, 2.45) is 0 Å². The number of halogens is 1. The van der Waals surface area contributed by atoms with E-state index in [2.05, 4.69) is 0 Å². The molecule has 1 amide bonds. The van der Waals surface area contributed by atoms with Crippen LogP contribution in [0.4, 0.5) is 14.9 Å². The van der Waals surface area contributed by atoms with Crippen LogP contribution in [0.25, 0.3) is 0 Å². The van der Waals surface area contributed by atoms with Gasteiger partial charge in [-0.25, -0.2) is 9.18 Å². The van der Waals surface area contributed by atoms with Gasteiger partial charge in [-0.05, 0) is 31.0 Å². The Labute approximate surface area is 75.2 Å². The van der Waals surface area contributed by atoms with Crippen molar-refractivity contribution < 1.29 is 14.3 Å². The molecule has 1 aromatic rings. The van der Waals surface area contributed by atoms with Crippen LogP contribution in [0.3, 0.4) is 0 Å². The van der Waals surface area contributed by atoms with Crippen molar-refractivity contribution in [3.05, 3.63) is 29.1 Å². The molecule has 0 unspecified atom stereocenters. The average molecular weight is 183 g/mol. The van der Waals surface area contributed by atoms with Crippen molar-refractivity contribution in [1.29, 1.82) is 0 Å². The van der Waals surface area contributed by atoms with E-state index in [1.165, 1.54) is 6.07 Å². The third kappa shape index (κ3) is 2.18. The van der Waals surface area contributed by atoms with Crippen molar-refractivity contribution in [1.82, 2.24) is 0 Å². The summed E-state index contributed by atoms with van der Waals surface area (Å²) in [6.45, 7) is 3.37. The Morgan fingerprint density at radius 1 is 1.46 bits per heavy atom. The molecule has 0 aromatic heterocycles. The maximum absolute atomic E-state index is 13.2. The standard InChI is InChI=1S/C9H10FNO2/c1-5-3-6(2)8(10)7(4-5)11-9(12)13/h3-4,11H,1-2H3,(H,12,13). The summed E-state index contributed by atoms with van der Waals surface area (Å²) in [5, 5.41) is 10.4. The summed E-state index contributed by atoms with van der Waals surface area (Å²) in [5.74, 6) is -0.520. The molecule has 0 saturated heterocycles. The number of anilines is 1. The van der Waals surface area contributed by atoms with Crippen LogP contribution in [0.1, 0.15) is 11.1 Å². The summed E-state index contributed by atoms with van der Waals surface area (Å²) >= 11 is 0. The fourth-order valence-electron chi connectivity index (χ4n) is 1.16. The number of hydrogen-bond donors (Lipinski definition) is 2. The zero-order valence-corrected chi connectivity index (χ0v) is 7.39. The van der Waals surface area contributed by atoms with E-state index in [0.717, 1.165) is 5.56 Å². The van der Waals surface area contributed by atoms with Gasteiger partial charge in [-0.15, -0.1) is 0 Å². The Morgan fingerprint density at radius 3 is 2.62 bits per heavy atom.